The number of unbranched alkanes of at least 4 members (excludes halogenated alkanes) is 3. The molecular weight excluding hydrogens is 368 g/mol. The van der Waals surface area contributed by atoms with E-state index >= 15 is 0 Å². The Morgan fingerprint density at radius 3 is 2.62 bits per heavy atom. The fourth-order valence-corrected chi connectivity index (χ4v) is 5.17. The first-order valence-electron chi connectivity index (χ1n) is 11.6. The van der Waals surface area contributed by atoms with Crippen LogP contribution in [0.25, 0.3) is 0 Å². The fourth-order valence-electron chi connectivity index (χ4n) is 5.17. The maximum atomic E-state index is 12.3. The first-order valence-corrected chi connectivity index (χ1v) is 11.6. The Labute approximate surface area is 175 Å². The van der Waals surface area contributed by atoms with Gasteiger partial charge in [0, 0.05) is 24.7 Å². The molecule has 0 saturated heterocycles. The SMILES string of the molecule is CCCC1([C@@H](O)C/C=C/[C@H]2C(O)CC(=O)[C@@H]2CCCCCCC(=O)OC)CCC1. The van der Waals surface area contributed by atoms with Crippen LogP contribution >= 0.6 is 0 Å². The fraction of sp³-hybridized carbons (Fsp3) is 0.833. The zero-order valence-electron chi connectivity index (χ0n) is 18.3. The van der Waals surface area contributed by atoms with Gasteiger partial charge in [-0.3, -0.25) is 9.59 Å². The lowest BCUT2D eigenvalue weighted by Crippen LogP contribution is -2.41. The number of carbonyl (C=O) groups is 2. The van der Waals surface area contributed by atoms with Gasteiger partial charge in [0.2, 0.25) is 0 Å². The number of esters is 1. The molecule has 0 aromatic carbocycles. The summed E-state index contributed by atoms with van der Waals surface area (Å²) in [6.07, 6.45) is 14.4. The summed E-state index contributed by atoms with van der Waals surface area (Å²) >= 11 is 0. The van der Waals surface area contributed by atoms with Crippen LogP contribution < -0.4 is 0 Å². The van der Waals surface area contributed by atoms with Crippen LogP contribution in [-0.4, -0.2) is 41.3 Å². The van der Waals surface area contributed by atoms with Gasteiger partial charge in [-0.15, -0.1) is 0 Å². The number of methoxy groups -OCH3 is 1. The summed E-state index contributed by atoms with van der Waals surface area (Å²) in [4.78, 5) is 23.5. The molecular formula is C24H40O5. The Hall–Kier alpha value is -1.20. The molecule has 4 atom stereocenters. The molecule has 2 saturated carbocycles. The highest BCUT2D eigenvalue weighted by Crippen LogP contribution is 2.48. The summed E-state index contributed by atoms with van der Waals surface area (Å²) in [7, 11) is 1.40. The van der Waals surface area contributed by atoms with E-state index in [9.17, 15) is 19.8 Å². The van der Waals surface area contributed by atoms with E-state index in [1.165, 1.54) is 13.5 Å². The van der Waals surface area contributed by atoms with Gasteiger partial charge in [0.25, 0.3) is 0 Å². The zero-order chi connectivity index (χ0) is 21.3. The highest BCUT2D eigenvalue weighted by atomic mass is 16.5. The van der Waals surface area contributed by atoms with Crippen molar-refractivity contribution < 1.29 is 24.5 Å². The molecule has 29 heavy (non-hydrogen) atoms. The topological polar surface area (TPSA) is 83.8 Å². The number of carbonyl (C=O) groups excluding carboxylic acids is 2. The van der Waals surface area contributed by atoms with Crippen molar-refractivity contribution in [1.29, 1.82) is 0 Å². The van der Waals surface area contributed by atoms with Crippen LogP contribution in [0, 0.1) is 17.3 Å². The van der Waals surface area contributed by atoms with Crippen LogP contribution in [0.15, 0.2) is 12.2 Å². The monoisotopic (exact) mass is 408 g/mol. The van der Waals surface area contributed by atoms with E-state index in [0.717, 1.165) is 57.8 Å². The first kappa shape index (κ1) is 24.1. The van der Waals surface area contributed by atoms with E-state index in [4.69, 9.17) is 0 Å². The van der Waals surface area contributed by atoms with Crippen molar-refractivity contribution >= 4 is 11.8 Å². The van der Waals surface area contributed by atoms with Gasteiger partial charge in [0.05, 0.1) is 19.3 Å². The Balaban J connectivity index is 1.77. The van der Waals surface area contributed by atoms with Crippen LogP contribution in [0.1, 0.15) is 90.4 Å². The van der Waals surface area contributed by atoms with Crippen molar-refractivity contribution in [2.24, 2.45) is 17.3 Å². The third-order valence-corrected chi connectivity index (χ3v) is 7.13. The zero-order valence-corrected chi connectivity index (χ0v) is 18.3. The molecule has 2 aliphatic rings. The van der Waals surface area contributed by atoms with Gasteiger partial charge in [-0.05, 0) is 43.9 Å². The molecule has 2 fully saturated rings. The van der Waals surface area contributed by atoms with E-state index in [2.05, 4.69) is 11.7 Å². The molecule has 0 aliphatic heterocycles. The Kier molecular flexibility index (Phi) is 9.84. The molecule has 0 amide bonds. The quantitative estimate of drug-likeness (QED) is 0.269. The molecule has 1 unspecified atom stereocenters. The average Bonchev–Trinajstić information content (AvgIpc) is 2.93. The summed E-state index contributed by atoms with van der Waals surface area (Å²) in [6, 6.07) is 0. The van der Waals surface area contributed by atoms with E-state index in [1.54, 1.807) is 0 Å². The Morgan fingerprint density at radius 1 is 1.28 bits per heavy atom. The Bertz CT molecular complexity index is 551. The number of ketones is 1. The molecule has 0 radical (unpaired) electrons. The van der Waals surface area contributed by atoms with Gasteiger partial charge in [-0.1, -0.05) is 51.2 Å². The summed E-state index contributed by atoms with van der Waals surface area (Å²) in [5, 5.41) is 21.0. The van der Waals surface area contributed by atoms with Crippen molar-refractivity contribution in [2.75, 3.05) is 7.11 Å². The molecule has 0 heterocycles. The molecule has 0 spiro atoms. The maximum absolute atomic E-state index is 12.3. The highest BCUT2D eigenvalue weighted by Gasteiger charge is 2.42. The number of aliphatic hydroxyl groups excluding tert-OH is 2. The lowest BCUT2D eigenvalue weighted by molar-refractivity contribution is -0.140. The van der Waals surface area contributed by atoms with E-state index in [-0.39, 0.29) is 41.5 Å². The minimum absolute atomic E-state index is 0.0901. The molecule has 2 aliphatic carbocycles. The normalized spacial score (nSPS) is 27.2. The number of Topliss-reactive ketones (excluding diaryl/α,β-unsaturated/α-hetero) is 1. The molecule has 2 rings (SSSR count). The number of rotatable bonds is 13. The second-order valence-electron chi connectivity index (χ2n) is 9.10. The lowest BCUT2D eigenvalue weighted by Gasteiger charge is -2.45. The van der Waals surface area contributed by atoms with Crippen LogP contribution in [0.3, 0.4) is 0 Å². The van der Waals surface area contributed by atoms with Gasteiger partial charge in [0.1, 0.15) is 5.78 Å². The van der Waals surface area contributed by atoms with Gasteiger partial charge in [0.15, 0.2) is 0 Å². The lowest BCUT2D eigenvalue weighted by atomic mass is 9.62. The van der Waals surface area contributed by atoms with Crippen LogP contribution in [0.4, 0.5) is 0 Å². The first-order chi connectivity index (χ1) is 13.9. The van der Waals surface area contributed by atoms with Crippen LogP contribution in [-0.2, 0) is 14.3 Å². The summed E-state index contributed by atoms with van der Waals surface area (Å²) in [5.74, 6) is -0.265. The van der Waals surface area contributed by atoms with Crippen molar-refractivity contribution in [1.82, 2.24) is 0 Å². The molecule has 5 nitrogen and oxygen atoms in total. The summed E-state index contributed by atoms with van der Waals surface area (Å²) in [6.45, 7) is 2.17. The minimum Gasteiger partial charge on any atom is -0.469 e. The van der Waals surface area contributed by atoms with E-state index in [1.807, 2.05) is 12.2 Å². The average molecular weight is 409 g/mol. The van der Waals surface area contributed by atoms with E-state index < -0.39 is 6.10 Å². The molecule has 0 aromatic rings. The minimum atomic E-state index is -0.603. The van der Waals surface area contributed by atoms with Crippen LogP contribution in [0.2, 0.25) is 0 Å². The van der Waals surface area contributed by atoms with E-state index in [0.29, 0.717) is 12.8 Å². The number of hydrogen-bond acceptors (Lipinski definition) is 5. The maximum Gasteiger partial charge on any atom is 0.305 e. The van der Waals surface area contributed by atoms with Crippen molar-refractivity contribution in [3.63, 3.8) is 0 Å². The highest BCUT2D eigenvalue weighted by molar-refractivity contribution is 5.84. The number of hydrogen-bond donors (Lipinski definition) is 2. The van der Waals surface area contributed by atoms with Gasteiger partial charge >= 0.3 is 5.97 Å². The summed E-state index contributed by atoms with van der Waals surface area (Å²) in [5.41, 5.74) is 0.0901. The number of ether oxygens (including phenoxy) is 1. The molecule has 5 heteroatoms. The largest absolute Gasteiger partial charge is 0.469 e. The van der Waals surface area contributed by atoms with Gasteiger partial charge in [-0.2, -0.15) is 0 Å². The number of aliphatic hydroxyl groups is 2. The third kappa shape index (κ3) is 6.65. The molecule has 166 valence electrons. The molecule has 2 N–H and O–H groups in total. The Morgan fingerprint density at radius 2 is 2.00 bits per heavy atom. The van der Waals surface area contributed by atoms with Crippen molar-refractivity contribution in [3.8, 4) is 0 Å². The predicted molar refractivity (Wildman–Crippen MR) is 113 cm³/mol. The molecule has 0 bridgehead atoms. The second-order valence-corrected chi connectivity index (χ2v) is 9.10. The van der Waals surface area contributed by atoms with Gasteiger partial charge in [-0.25, -0.2) is 0 Å². The van der Waals surface area contributed by atoms with Crippen molar-refractivity contribution in [2.45, 2.75) is 103 Å². The standard InChI is InChI=1S/C24H40O5/c1-3-14-24(15-9-16-24)22(27)12-8-11-19-18(20(25)17-21(19)26)10-6-4-5-7-13-23(28)29-2/h8,11,18-19,21-22,26-27H,3-7,9-10,12-17H2,1-2H3/b11-8+/t18-,19-,21?,22+/m1/s1. The smallest absolute Gasteiger partial charge is 0.305 e. The second kappa shape index (κ2) is 11.8. The molecule has 0 aromatic heterocycles. The van der Waals surface area contributed by atoms with Crippen LogP contribution in [0.5, 0.6) is 0 Å². The van der Waals surface area contributed by atoms with Gasteiger partial charge < -0.3 is 14.9 Å². The summed E-state index contributed by atoms with van der Waals surface area (Å²) < 4.78 is 4.64. The third-order valence-electron chi connectivity index (χ3n) is 7.13. The predicted octanol–water partition coefficient (Wildman–Crippen LogP) is 4.34. The van der Waals surface area contributed by atoms with Crippen molar-refractivity contribution in [3.05, 3.63) is 12.2 Å².